The highest BCUT2D eigenvalue weighted by molar-refractivity contribution is 6.20. The van der Waals surface area contributed by atoms with Gasteiger partial charge < -0.3 is 5.32 Å². The van der Waals surface area contributed by atoms with Crippen LogP contribution < -0.4 is 5.32 Å². The topological polar surface area (TPSA) is 12.0 Å². The van der Waals surface area contributed by atoms with E-state index in [1.54, 1.807) is 0 Å². The van der Waals surface area contributed by atoms with E-state index >= 15 is 0 Å². The van der Waals surface area contributed by atoms with Crippen molar-refractivity contribution in [3.63, 3.8) is 0 Å². The molecule has 1 fully saturated rings. The molecule has 1 N–H and O–H groups in total. The minimum Gasteiger partial charge on any atom is -0.312 e. The molecule has 94 valence electrons. The number of halogens is 1. The van der Waals surface area contributed by atoms with Gasteiger partial charge in [-0.15, -0.1) is 11.6 Å². The molecule has 0 amide bonds. The lowest BCUT2D eigenvalue weighted by Gasteiger charge is -2.16. The Morgan fingerprint density at radius 1 is 1.24 bits per heavy atom. The molecule has 1 aromatic carbocycles. The fraction of sp³-hybridized carbons (Fsp3) is 0.600. The lowest BCUT2D eigenvalue weighted by Crippen LogP contribution is -2.25. The second-order valence-corrected chi connectivity index (χ2v) is 5.77. The summed E-state index contributed by atoms with van der Waals surface area (Å²) >= 11 is 6.28. The van der Waals surface area contributed by atoms with Gasteiger partial charge in [-0.2, -0.15) is 0 Å². The van der Waals surface area contributed by atoms with Crippen molar-refractivity contribution in [2.75, 3.05) is 6.54 Å². The highest BCUT2D eigenvalue weighted by Crippen LogP contribution is 2.29. The van der Waals surface area contributed by atoms with Crippen molar-refractivity contribution in [1.82, 2.24) is 5.32 Å². The number of nitrogens with one attached hydrogen (secondary N) is 1. The molecule has 17 heavy (non-hydrogen) atoms. The first-order chi connectivity index (χ1) is 8.18. The molecule has 1 aliphatic carbocycles. The van der Waals surface area contributed by atoms with Crippen LogP contribution in [-0.2, 0) is 6.54 Å². The molecule has 2 rings (SSSR count). The van der Waals surface area contributed by atoms with Gasteiger partial charge in [0.2, 0.25) is 0 Å². The Bertz CT molecular complexity index is 355. The largest absolute Gasteiger partial charge is 0.312 e. The van der Waals surface area contributed by atoms with E-state index in [-0.39, 0.29) is 0 Å². The van der Waals surface area contributed by atoms with Crippen LogP contribution in [0.4, 0.5) is 0 Å². The minimum absolute atomic E-state index is 0.389. The zero-order chi connectivity index (χ0) is 12.3. The summed E-state index contributed by atoms with van der Waals surface area (Å²) in [6, 6.07) is 6.49. The summed E-state index contributed by atoms with van der Waals surface area (Å²) in [5, 5.41) is 3.96. The zero-order valence-electron chi connectivity index (χ0n) is 10.8. The lowest BCUT2D eigenvalue weighted by molar-refractivity contribution is 0.493. The standard InChI is InChI=1S/C15H22ClN/c1-11-5-3-6-12(2)14(11)10-17-9-13-7-4-8-15(13)16/h3,5-6,13,15,17H,4,7-10H2,1-2H3. The van der Waals surface area contributed by atoms with Gasteiger partial charge in [0.1, 0.15) is 0 Å². The van der Waals surface area contributed by atoms with Crippen LogP contribution in [0.25, 0.3) is 0 Å². The molecule has 1 nitrogen and oxygen atoms in total. The second-order valence-electron chi connectivity index (χ2n) is 5.21. The number of rotatable bonds is 4. The number of aryl methyl sites for hydroxylation is 2. The van der Waals surface area contributed by atoms with E-state index < -0.39 is 0 Å². The van der Waals surface area contributed by atoms with Crippen LogP contribution >= 0.6 is 11.6 Å². The van der Waals surface area contributed by atoms with Gasteiger partial charge in [-0.1, -0.05) is 24.6 Å². The first kappa shape index (κ1) is 12.9. The Kier molecular flexibility index (Phi) is 4.47. The van der Waals surface area contributed by atoms with E-state index in [0.717, 1.165) is 13.1 Å². The van der Waals surface area contributed by atoms with Crippen LogP contribution in [0.2, 0.25) is 0 Å². The van der Waals surface area contributed by atoms with E-state index in [1.165, 1.54) is 36.0 Å². The molecule has 1 saturated carbocycles. The molecule has 2 heteroatoms. The number of hydrogen-bond acceptors (Lipinski definition) is 1. The van der Waals surface area contributed by atoms with Crippen LogP contribution in [-0.4, -0.2) is 11.9 Å². The number of hydrogen-bond donors (Lipinski definition) is 1. The molecule has 0 aromatic heterocycles. The Labute approximate surface area is 110 Å². The third-order valence-electron chi connectivity index (χ3n) is 3.92. The first-order valence-corrected chi connectivity index (χ1v) is 7.02. The van der Waals surface area contributed by atoms with Gasteiger partial charge in [0.15, 0.2) is 0 Å². The molecule has 2 unspecified atom stereocenters. The van der Waals surface area contributed by atoms with Crippen molar-refractivity contribution >= 4 is 11.6 Å². The number of benzene rings is 1. The van der Waals surface area contributed by atoms with Crippen molar-refractivity contribution in [1.29, 1.82) is 0 Å². The van der Waals surface area contributed by atoms with Gasteiger partial charge in [0.25, 0.3) is 0 Å². The van der Waals surface area contributed by atoms with Crippen molar-refractivity contribution < 1.29 is 0 Å². The maximum absolute atomic E-state index is 6.28. The average molecular weight is 252 g/mol. The summed E-state index contributed by atoms with van der Waals surface area (Å²) in [6.07, 6.45) is 3.77. The van der Waals surface area contributed by atoms with Crippen LogP contribution in [0, 0.1) is 19.8 Å². The molecule has 2 atom stereocenters. The normalized spacial score (nSPS) is 24.2. The quantitative estimate of drug-likeness (QED) is 0.803. The average Bonchev–Trinajstić information content (AvgIpc) is 2.69. The first-order valence-electron chi connectivity index (χ1n) is 6.58. The minimum atomic E-state index is 0.389. The van der Waals surface area contributed by atoms with Gasteiger partial charge in [0, 0.05) is 11.9 Å². The van der Waals surface area contributed by atoms with E-state index in [1.807, 2.05) is 0 Å². The summed E-state index contributed by atoms with van der Waals surface area (Å²) in [7, 11) is 0. The molecule has 0 bridgehead atoms. The van der Waals surface area contributed by atoms with E-state index in [0.29, 0.717) is 11.3 Å². The van der Waals surface area contributed by atoms with E-state index in [2.05, 4.69) is 37.4 Å². The highest BCUT2D eigenvalue weighted by atomic mass is 35.5. The molecule has 0 aliphatic heterocycles. The summed E-state index contributed by atoms with van der Waals surface area (Å²) in [6.45, 7) is 6.40. The maximum Gasteiger partial charge on any atom is 0.0376 e. The summed E-state index contributed by atoms with van der Waals surface area (Å²) in [5.74, 6) is 0.668. The maximum atomic E-state index is 6.28. The SMILES string of the molecule is Cc1cccc(C)c1CNCC1CCCC1Cl. The Morgan fingerprint density at radius 3 is 2.53 bits per heavy atom. The molecular weight excluding hydrogens is 230 g/mol. The van der Waals surface area contributed by atoms with E-state index in [9.17, 15) is 0 Å². The van der Waals surface area contributed by atoms with Crippen LogP contribution in [0.15, 0.2) is 18.2 Å². The molecule has 1 aliphatic rings. The predicted octanol–water partition coefficient (Wildman–Crippen LogP) is 3.80. The lowest BCUT2D eigenvalue weighted by atomic mass is 10.0. The van der Waals surface area contributed by atoms with Crippen LogP contribution in [0.1, 0.15) is 36.0 Å². The Balaban J connectivity index is 1.86. The van der Waals surface area contributed by atoms with Gasteiger partial charge in [-0.3, -0.25) is 0 Å². The van der Waals surface area contributed by atoms with Crippen molar-refractivity contribution in [3.05, 3.63) is 34.9 Å². The second kappa shape index (κ2) is 5.88. The monoisotopic (exact) mass is 251 g/mol. The van der Waals surface area contributed by atoms with Gasteiger partial charge in [-0.25, -0.2) is 0 Å². The summed E-state index contributed by atoms with van der Waals surface area (Å²) in [5.41, 5.74) is 4.20. The third kappa shape index (κ3) is 3.23. The smallest absolute Gasteiger partial charge is 0.0376 e. The van der Waals surface area contributed by atoms with Crippen LogP contribution in [0.3, 0.4) is 0 Å². The van der Waals surface area contributed by atoms with Gasteiger partial charge in [0.05, 0.1) is 0 Å². The molecule has 0 heterocycles. The molecule has 0 radical (unpaired) electrons. The third-order valence-corrected chi connectivity index (χ3v) is 4.49. The van der Waals surface area contributed by atoms with Crippen molar-refractivity contribution in [3.8, 4) is 0 Å². The Hall–Kier alpha value is -0.530. The summed E-state index contributed by atoms with van der Waals surface area (Å²) < 4.78 is 0. The van der Waals surface area contributed by atoms with Crippen LogP contribution in [0.5, 0.6) is 0 Å². The Morgan fingerprint density at radius 2 is 1.94 bits per heavy atom. The van der Waals surface area contributed by atoms with Gasteiger partial charge in [-0.05, 0) is 55.8 Å². The molecule has 0 saturated heterocycles. The molecule has 0 spiro atoms. The van der Waals surface area contributed by atoms with Gasteiger partial charge >= 0.3 is 0 Å². The zero-order valence-corrected chi connectivity index (χ0v) is 11.6. The summed E-state index contributed by atoms with van der Waals surface area (Å²) in [4.78, 5) is 0. The predicted molar refractivity (Wildman–Crippen MR) is 74.6 cm³/mol. The fourth-order valence-corrected chi connectivity index (χ4v) is 3.10. The van der Waals surface area contributed by atoms with Crippen molar-refractivity contribution in [2.24, 2.45) is 5.92 Å². The number of alkyl halides is 1. The van der Waals surface area contributed by atoms with E-state index in [4.69, 9.17) is 11.6 Å². The highest BCUT2D eigenvalue weighted by Gasteiger charge is 2.24. The molecular formula is C15H22ClN. The molecule has 1 aromatic rings. The fourth-order valence-electron chi connectivity index (χ4n) is 2.73. The van der Waals surface area contributed by atoms with Crippen molar-refractivity contribution in [2.45, 2.75) is 45.0 Å².